The monoisotopic (exact) mass is 392 g/mol. The van der Waals surface area contributed by atoms with Crippen LogP contribution in [0.2, 0.25) is 0 Å². The first-order chi connectivity index (χ1) is 14.1. The van der Waals surface area contributed by atoms with Gasteiger partial charge in [-0.2, -0.15) is 0 Å². The van der Waals surface area contributed by atoms with Gasteiger partial charge in [0.15, 0.2) is 0 Å². The van der Waals surface area contributed by atoms with Gasteiger partial charge in [0.25, 0.3) is 11.8 Å². The molecule has 29 heavy (non-hydrogen) atoms. The number of halogens is 1. The lowest BCUT2D eigenvalue weighted by molar-refractivity contribution is -0.137. The molecule has 5 heteroatoms. The van der Waals surface area contributed by atoms with Crippen LogP contribution in [0.1, 0.15) is 42.9 Å². The number of nitrogens with zero attached hydrogens (tertiary/aromatic N) is 2. The molecular formula is C24H25FN2O2. The van der Waals surface area contributed by atoms with Crippen LogP contribution in [0.5, 0.6) is 0 Å². The highest BCUT2D eigenvalue weighted by molar-refractivity contribution is 6.35. The van der Waals surface area contributed by atoms with E-state index < -0.39 is 0 Å². The summed E-state index contributed by atoms with van der Waals surface area (Å²) in [4.78, 5) is 29.9. The molecule has 0 fully saturated rings. The Bertz CT molecular complexity index is 965. The van der Waals surface area contributed by atoms with Crippen molar-refractivity contribution in [3.8, 4) is 0 Å². The van der Waals surface area contributed by atoms with Crippen molar-refractivity contribution in [1.82, 2.24) is 9.80 Å². The Morgan fingerprint density at radius 2 is 1.66 bits per heavy atom. The molecule has 2 aliphatic rings. The highest BCUT2D eigenvalue weighted by atomic mass is 19.1. The van der Waals surface area contributed by atoms with Crippen molar-refractivity contribution in [2.45, 2.75) is 39.2 Å². The average molecular weight is 392 g/mol. The van der Waals surface area contributed by atoms with E-state index in [9.17, 15) is 14.0 Å². The smallest absolute Gasteiger partial charge is 0.277 e. The van der Waals surface area contributed by atoms with Gasteiger partial charge in [0.2, 0.25) is 0 Å². The first-order valence-electron chi connectivity index (χ1n) is 10.3. The molecule has 2 heterocycles. The number of rotatable bonds is 6. The van der Waals surface area contributed by atoms with E-state index in [1.807, 2.05) is 17.0 Å². The number of benzene rings is 2. The van der Waals surface area contributed by atoms with Gasteiger partial charge in [-0.1, -0.05) is 56.2 Å². The molecule has 2 aromatic carbocycles. The maximum Gasteiger partial charge on any atom is 0.277 e. The molecule has 0 bridgehead atoms. The van der Waals surface area contributed by atoms with Crippen LogP contribution >= 0.6 is 0 Å². The highest BCUT2D eigenvalue weighted by Crippen LogP contribution is 2.34. The topological polar surface area (TPSA) is 40.6 Å². The maximum atomic E-state index is 13.5. The molecule has 0 saturated carbocycles. The van der Waals surface area contributed by atoms with Crippen LogP contribution in [0.3, 0.4) is 0 Å². The van der Waals surface area contributed by atoms with Crippen LogP contribution in [-0.2, 0) is 22.6 Å². The predicted octanol–water partition coefficient (Wildman–Crippen LogP) is 4.15. The molecule has 2 amide bonds. The van der Waals surface area contributed by atoms with Gasteiger partial charge in [0.1, 0.15) is 11.5 Å². The van der Waals surface area contributed by atoms with Gasteiger partial charge in [-0.3, -0.25) is 14.5 Å². The number of unbranched alkanes of at least 4 members (excludes halogenated alkanes) is 2. The summed E-state index contributed by atoms with van der Waals surface area (Å²) in [6, 6.07) is 14.0. The molecule has 0 unspecified atom stereocenters. The zero-order valence-electron chi connectivity index (χ0n) is 16.7. The van der Waals surface area contributed by atoms with Crippen molar-refractivity contribution < 1.29 is 14.0 Å². The molecule has 150 valence electrons. The van der Waals surface area contributed by atoms with E-state index in [0.29, 0.717) is 36.5 Å². The summed E-state index contributed by atoms with van der Waals surface area (Å²) in [5, 5.41) is 0. The standard InChI is InChI=1S/C24H25FN2O2/c1-2-3-6-14-27-23(28)21(18-9-11-20(25)12-10-18)22(24(27)29)26-15-13-17-7-4-5-8-19(17)16-26/h4-5,7-12H,2-3,6,13-16H2,1H3. The fourth-order valence-corrected chi connectivity index (χ4v) is 4.14. The predicted molar refractivity (Wildman–Crippen MR) is 110 cm³/mol. The van der Waals surface area contributed by atoms with E-state index in [-0.39, 0.29) is 17.6 Å². The quantitative estimate of drug-likeness (QED) is 0.548. The lowest BCUT2D eigenvalue weighted by atomic mass is 9.98. The number of hydrogen-bond acceptors (Lipinski definition) is 3. The zero-order chi connectivity index (χ0) is 20.4. The third-order valence-electron chi connectivity index (χ3n) is 5.71. The summed E-state index contributed by atoms with van der Waals surface area (Å²) in [7, 11) is 0. The number of carbonyl (C=O) groups excluding carboxylic acids is 2. The third-order valence-corrected chi connectivity index (χ3v) is 5.71. The Morgan fingerprint density at radius 3 is 2.38 bits per heavy atom. The molecule has 0 N–H and O–H groups in total. The zero-order valence-corrected chi connectivity index (χ0v) is 16.7. The molecule has 0 saturated heterocycles. The molecule has 0 aliphatic carbocycles. The minimum absolute atomic E-state index is 0.232. The Kier molecular flexibility index (Phi) is 5.47. The molecular weight excluding hydrogens is 367 g/mol. The van der Waals surface area contributed by atoms with Gasteiger partial charge in [-0.15, -0.1) is 0 Å². The normalized spacial score (nSPS) is 16.6. The minimum atomic E-state index is -0.362. The van der Waals surface area contributed by atoms with Gasteiger partial charge < -0.3 is 4.90 Å². The molecule has 2 aromatic rings. The Hall–Kier alpha value is -2.95. The largest absolute Gasteiger partial charge is 0.362 e. The van der Waals surface area contributed by atoms with E-state index in [4.69, 9.17) is 0 Å². The second-order valence-electron chi connectivity index (χ2n) is 7.64. The van der Waals surface area contributed by atoms with E-state index in [1.54, 1.807) is 12.1 Å². The van der Waals surface area contributed by atoms with E-state index >= 15 is 0 Å². The minimum Gasteiger partial charge on any atom is -0.362 e. The first kappa shape index (κ1) is 19.4. The van der Waals surface area contributed by atoms with Crippen LogP contribution in [0.4, 0.5) is 4.39 Å². The summed E-state index contributed by atoms with van der Waals surface area (Å²) >= 11 is 0. The molecule has 0 aromatic heterocycles. The average Bonchev–Trinajstić information content (AvgIpc) is 2.99. The summed E-state index contributed by atoms with van der Waals surface area (Å²) in [5.41, 5.74) is 3.90. The van der Waals surface area contributed by atoms with Crippen molar-refractivity contribution in [2.75, 3.05) is 13.1 Å². The van der Waals surface area contributed by atoms with Crippen LogP contribution in [0.15, 0.2) is 54.2 Å². The summed E-state index contributed by atoms with van der Waals surface area (Å²) in [6.07, 6.45) is 3.61. The summed E-state index contributed by atoms with van der Waals surface area (Å²) in [6.45, 7) is 3.79. The lowest BCUT2D eigenvalue weighted by Crippen LogP contribution is -2.37. The maximum absolute atomic E-state index is 13.5. The van der Waals surface area contributed by atoms with Crippen molar-refractivity contribution in [3.05, 3.63) is 76.7 Å². The Labute approximate surface area is 170 Å². The third kappa shape index (κ3) is 3.69. The molecule has 4 nitrogen and oxygen atoms in total. The van der Waals surface area contributed by atoms with Gasteiger partial charge in [0, 0.05) is 19.6 Å². The molecule has 2 aliphatic heterocycles. The van der Waals surface area contributed by atoms with Gasteiger partial charge in [0.05, 0.1) is 5.57 Å². The van der Waals surface area contributed by atoms with E-state index in [1.165, 1.54) is 28.2 Å². The lowest BCUT2D eigenvalue weighted by Gasteiger charge is -2.31. The number of carbonyl (C=O) groups is 2. The fraction of sp³-hybridized carbons (Fsp3) is 0.333. The number of hydrogen-bond donors (Lipinski definition) is 0. The Balaban J connectivity index is 1.72. The SMILES string of the molecule is CCCCCN1C(=O)C(c2ccc(F)cc2)=C(N2CCc3ccccc3C2)C1=O. The summed E-state index contributed by atoms with van der Waals surface area (Å²) < 4.78 is 13.5. The van der Waals surface area contributed by atoms with Crippen molar-refractivity contribution >= 4 is 17.4 Å². The molecule has 4 rings (SSSR count). The van der Waals surface area contributed by atoms with Crippen LogP contribution in [0.25, 0.3) is 5.57 Å². The van der Waals surface area contributed by atoms with Crippen molar-refractivity contribution in [3.63, 3.8) is 0 Å². The second-order valence-corrected chi connectivity index (χ2v) is 7.64. The van der Waals surface area contributed by atoms with Crippen LogP contribution < -0.4 is 0 Å². The van der Waals surface area contributed by atoms with Crippen LogP contribution in [-0.4, -0.2) is 34.7 Å². The fourth-order valence-electron chi connectivity index (χ4n) is 4.14. The summed E-state index contributed by atoms with van der Waals surface area (Å²) in [5.74, 6) is -0.865. The Morgan fingerprint density at radius 1 is 0.931 bits per heavy atom. The highest BCUT2D eigenvalue weighted by Gasteiger charge is 2.41. The van der Waals surface area contributed by atoms with Gasteiger partial charge in [-0.05, 0) is 41.7 Å². The molecule has 0 atom stereocenters. The first-order valence-corrected chi connectivity index (χ1v) is 10.3. The van der Waals surface area contributed by atoms with Gasteiger partial charge >= 0.3 is 0 Å². The van der Waals surface area contributed by atoms with E-state index in [2.05, 4.69) is 19.1 Å². The van der Waals surface area contributed by atoms with Crippen molar-refractivity contribution in [1.29, 1.82) is 0 Å². The van der Waals surface area contributed by atoms with Gasteiger partial charge in [-0.25, -0.2) is 4.39 Å². The number of imide groups is 1. The molecule has 0 radical (unpaired) electrons. The van der Waals surface area contributed by atoms with Crippen molar-refractivity contribution in [2.24, 2.45) is 0 Å². The number of fused-ring (bicyclic) bond motifs is 1. The molecule has 0 spiro atoms. The number of amides is 2. The van der Waals surface area contributed by atoms with E-state index in [0.717, 1.165) is 25.7 Å². The van der Waals surface area contributed by atoms with Crippen LogP contribution in [0, 0.1) is 5.82 Å². The second kappa shape index (κ2) is 8.19.